The lowest BCUT2D eigenvalue weighted by atomic mass is 9.82. The number of hydrogen-bond donors (Lipinski definition) is 1. The number of carbonyl (C=O) groups is 3. The smallest absolute Gasteiger partial charge is 0.305 e. The first-order valence-electron chi connectivity index (χ1n) is 7.07. The number of carbonyl (C=O) groups excluding carboxylic acids is 3. The topological polar surface area (TPSA) is 90.9 Å². The molecule has 0 aromatic carbocycles. The maximum Gasteiger partial charge on any atom is 0.305 e. The average molecular weight is 336 g/mol. The minimum absolute atomic E-state index is 0.0215. The first kappa shape index (κ1) is 18.7. The summed E-state index contributed by atoms with van der Waals surface area (Å²) in [6.07, 6.45) is -1.37. The first-order chi connectivity index (χ1) is 10.3. The quantitative estimate of drug-likeness (QED) is 0.591. The van der Waals surface area contributed by atoms with Gasteiger partial charge in [0.1, 0.15) is 12.5 Å². The summed E-state index contributed by atoms with van der Waals surface area (Å²) < 4.78 is 15.8. The van der Waals surface area contributed by atoms with Crippen LogP contribution in [0.5, 0.6) is 0 Å². The number of nitrogens with one attached hydrogen (secondary N) is 1. The highest BCUT2D eigenvalue weighted by atomic mass is 35.5. The molecule has 0 bridgehead atoms. The lowest BCUT2D eigenvalue weighted by Gasteiger charge is -2.43. The maximum atomic E-state index is 11.6. The van der Waals surface area contributed by atoms with E-state index < -0.39 is 30.4 Å². The SMILES string of the molecule is CC(=O)OCC1O[C@@H](OC(C)=O)C(NC(=O)CCl)[C@@H](C)[C@@H]1C. The number of hydrogen-bond acceptors (Lipinski definition) is 6. The highest BCUT2D eigenvalue weighted by Gasteiger charge is 2.44. The van der Waals surface area contributed by atoms with E-state index >= 15 is 0 Å². The van der Waals surface area contributed by atoms with Crippen molar-refractivity contribution in [2.75, 3.05) is 12.5 Å². The molecule has 1 heterocycles. The van der Waals surface area contributed by atoms with Crippen molar-refractivity contribution in [1.29, 1.82) is 0 Å². The van der Waals surface area contributed by atoms with Gasteiger partial charge in [0, 0.05) is 13.8 Å². The Kier molecular flexibility index (Phi) is 7.09. The molecule has 2 unspecified atom stereocenters. The van der Waals surface area contributed by atoms with Crippen molar-refractivity contribution < 1.29 is 28.6 Å². The van der Waals surface area contributed by atoms with Crippen LogP contribution in [-0.2, 0) is 28.6 Å². The van der Waals surface area contributed by atoms with Crippen LogP contribution >= 0.6 is 11.6 Å². The second-order valence-corrected chi connectivity index (χ2v) is 5.67. The van der Waals surface area contributed by atoms with Crippen molar-refractivity contribution in [3.05, 3.63) is 0 Å². The summed E-state index contributed by atoms with van der Waals surface area (Å²) in [6, 6.07) is -0.515. The molecule has 1 fully saturated rings. The summed E-state index contributed by atoms with van der Waals surface area (Å²) in [5.74, 6) is -1.59. The zero-order valence-electron chi connectivity index (χ0n) is 13.1. The second kappa shape index (κ2) is 8.33. The van der Waals surface area contributed by atoms with Gasteiger partial charge in [0.2, 0.25) is 12.2 Å². The molecule has 1 aliphatic rings. The molecule has 1 rings (SSSR count). The molecule has 0 aromatic rings. The molecule has 0 aliphatic carbocycles. The van der Waals surface area contributed by atoms with Crippen molar-refractivity contribution in [3.63, 3.8) is 0 Å². The van der Waals surface area contributed by atoms with E-state index in [0.29, 0.717) is 0 Å². The van der Waals surface area contributed by atoms with Gasteiger partial charge in [0.15, 0.2) is 0 Å². The molecule has 22 heavy (non-hydrogen) atoms. The van der Waals surface area contributed by atoms with Crippen molar-refractivity contribution in [2.45, 2.75) is 46.1 Å². The summed E-state index contributed by atoms with van der Waals surface area (Å²) >= 11 is 5.50. The van der Waals surface area contributed by atoms with Gasteiger partial charge in [-0.1, -0.05) is 13.8 Å². The van der Waals surface area contributed by atoms with Gasteiger partial charge in [0.25, 0.3) is 0 Å². The Labute approximate surface area is 134 Å². The molecule has 1 aliphatic heterocycles. The van der Waals surface area contributed by atoms with E-state index in [9.17, 15) is 14.4 Å². The fourth-order valence-electron chi connectivity index (χ4n) is 2.37. The standard InChI is InChI=1S/C14H22ClNO6/c1-7-8(2)13(16-12(19)5-15)14(21-10(4)18)22-11(7)6-20-9(3)17/h7-8,11,13-14H,5-6H2,1-4H3,(H,16,19)/t7-,8-,11?,13?,14+/m0/s1. The molecular weight excluding hydrogens is 314 g/mol. The van der Waals surface area contributed by atoms with Crippen LogP contribution in [0, 0.1) is 11.8 Å². The third-order valence-corrected chi connectivity index (χ3v) is 4.01. The highest BCUT2D eigenvalue weighted by Crippen LogP contribution is 2.31. The Balaban J connectivity index is 2.86. The lowest BCUT2D eigenvalue weighted by Crippen LogP contribution is -2.59. The molecule has 1 saturated heterocycles. The molecule has 5 atom stereocenters. The predicted octanol–water partition coefficient (Wildman–Crippen LogP) is 0.833. The fourth-order valence-corrected chi connectivity index (χ4v) is 2.45. The minimum Gasteiger partial charge on any atom is -0.463 e. The fraction of sp³-hybridized carbons (Fsp3) is 0.786. The largest absolute Gasteiger partial charge is 0.463 e. The van der Waals surface area contributed by atoms with Gasteiger partial charge >= 0.3 is 11.9 Å². The van der Waals surface area contributed by atoms with E-state index in [-0.39, 0.29) is 30.2 Å². The Bertz CT molecular complexity index is 430. The molecule has 0 saturated carbocycles. The van der Waals surface area contributed by atoms with Gasteiger partial charge < -0.3 is 19.5 Å². The molecule has 7 nitrogen and oxygen atoms in total. The Morgan fingerprint density at radius 1 is 1.14 bits per heavy atom. The van der Waals surface area contributed by atoms with Crippen molar-refractivity contribution in [2.24, 2.45) is 11.8 Å². The first-order valence-corrected chi connectivity index (χ1v) is 7.61. The van der Waals surface area contributed by atoms with Gasteiger partial charge in [0.05, 0.1) is 12.1 Å². The monoisotopic (exact) mass is 335 g/mol. The second-order valence-electron chi connectivity index (χ2n) is 5.40. The minimum atomic E-state index is -0.948. The number of esters is 2. The number of rotatable bonds is 5. The molecule has 0 radical (unpaired) electrons. The van der Waals surface area contributed by atoms with Crippen LogP contribution in [0.4, 0.5) is 0 Å². The number of halogens is 1. The van der Waals surface area contributed by atoms with E-state index in [4.69, 9.17) is 25.8 Å². The van der Waals surface area contributed by atoms with Crippen LogP contribution in [0.25, 0.3) is 0 Å². The van der Waals surface area contributed by atoms with Gasteiger partial charge in [-0.15, -0.1) is 11.6 Å². The lowest BCUT2D eigenvalue weighted by molar-refractivity contribution is -0.238. The van der Waals surface area contributed by atoms with Crippen molar-refractivity contribution in [3.8, 4) is 0 Å². The van der Waals surface area contributed by atoms with E-state index in [0.717, 1.165) is 0 Å². The number of alkyl halides is 1. The molecule has 8 heteroatoms. The van der Waals surface area contributed by atoms with Crippen LogP contribution in [0.15, 0.2) is 0 Å². The van der Waals surface area contributed by atoms with E-state index in [1.54, 1.807) is 0 Å². The summed E-state index contributed by atoms with van der Waals surface area (Å²) in [5, 5.41) is 2.71. The van der Waals surface area contributed by atoms with Gasteiger partial charge in [-0.3, -0.25) is 14.4 Å². The van der Waals surface area contributed by atoms with Crippen LogP contribution in [0.2, 0.25) is 0 Å². The number of ether oxygens (including phenoxy) is 3. The summed E-state index contributed by atoms with van der Waals surface area (Å²) in [6.45, 7) is 6.46. The van der Waals surface area contributed by atoms with Crippen molar-refractivity contribution >= 4 is 29.4 Å². The summed E-state index contributed by atoms with van der Waals surface area (Å²) in [5.41, 5.74) is 0. The van der Waals surface area contributed by atoms with Gasteiger partial charge in [-0.25, -0.2) is 0 Å². The maximum absolute atomic E-state index is 11.6. The molecule has 126 valence electrons. The van der Waals surface area contributed by atoms with Gasteiger partial charge in [-0.2, -0.15) is 0 Å². The predicted molar refractivity (Wildman–Crippen MR) is 78.0 cm³/mol. The van der Waals surface area contributed by atoms with Crippen LogP contribution in [0.3, 0.4) is 0 Å². The Hall–Kier alpha value is -1.34. The molecule has 1 amide bonds. The molecule has 1 N–H and O–H groups in total. The summed E-state index contributed by atoms with van der Waals surface area (Å²) in [4.78, 5) is 33.7. The van der Waals surface area contributed by atoms with E-state index in [1.165, 1.54) is 13.8 Å². The molecule has 0 spiro atoms. The zero-order chi connectivity index (χ0) is 16.9. The molecular formula is C14H22ClNO6. The van der Waals surface area contributed by atoms with Crippen molar-refractivity contribution in [1.82, 2.24) is 5.32 Å². The number of amides is 1. The van der Waals surface area contributed by atoms with E-state index in [2.05, 4.69) is 5.32 Å². The normalized spacial score (nSPS) is 31.2. The third kappa shape index (κ3) is 5.14. The summed E-state index contributed by atoms with van der Waals surface area (Å²) in [7, 11) is 0. The molecule has 0 aromatic heterocycles. The Morgan fingerprint density at radius 2 is 1.77 bits per heavy atom. The highest BCUT2D eigenvalue weighted by molar-refractivity contribution is 6.27. The van der Waals surface area contributed by atoms with Crippen LogP contribution < -0.4 is 5.32 Å². The van der Waals surface area contributed by atoms with Crippen LogP contribution in [-0.4, -0.2) is 48.8 Å². The van der Waals surface area contributed by atoms with E-state index in [1.807, 2.05) is 13.8 Å². The third-order valence-electron chi connectivity index (χ3n) is 3.77. The van der Waals surface area contributed by atoms with Gasteiger partial charge in [-0.05, 0) is 11.8 Å². The zero-order valence-corrected chi connectivity index (χ0v) is 13.9. The van der Waals surface area contributed by atoms with Crippen LogP contribution in [0.1, 0.15) is 27.7 Å². The average Bonchev–Trinajstić information content (AvgIpc) is 2.44. The Morgan fingerprint density at radius 3 is 2.27 bits per heavy atom.